The Balaban J connectivity index is 1.88. The lowest BCUT2D eigenvalue weighted by atomic mass is 9.96. The second-order valence-corrected chi connectivity index (χ2v) is 6.13. The molecule has 6 nitrogen and oxygen atoms in total. The maximum absolute atomic E-state index is 12.2. The zero-order chi connectivity index (χ0) is 13.9. The Morgan fingerprint density at radius 2 is 2.32 bits per heavy atom. The molecule has 1 saturated heterocycles. The Bertz CT molecular complexity index is 409. The standard InChI is InChI=1S/C13H23N5O/c1-13(2,14)6-12(19)17-5-3-4-11(7-17)8-18-10-15-9-16-18/h9-11H,3-8,14H2,1-2H3/t11-/m1/s1. The highest BCUT2D eigenvalue weighted by atomic mass is 16.2. The first-order chi connectivity index (χ1) is 8.94. The van der Waals surface area contributed by atoms with Gasteiger partial charge in [0.05, 0.1) is 0 Å². The third-order valence-corrected chi connectivity index (χ3v) is 3.39. The van der Waals surface area contributed by atoms with E-state index in [9.17, 15) is 4.79 Å². The summed E-state index contributed by atoms with van der Waals surface area (Å²) in [5.41, 5.74) is 5.48. The van der Waals surface area contributed by atoms with Crippen LogP contribution in [-0.2, 0) is 11.3 Å². The van der Waals surface area contributed by atoms with E-state index in [1.807, 2.05) is 23.4 Å². The van der Waals surface area contributed by atoms with Crippen LogP contribution in [0.5, 0.6) is 0 Å². The fourth-order valence-electron chi connectivity index (χ4n) is 2.53. The van der Waals surface area contributed by atoms with Crippen molar-refractivity contribution in [3.63, 3.8) is 0 Å². The molecule has 1 atom stereocenters. The monoisotopic (exact) mass is 265 g/mol. The van der Waals surface area contributed by atoms with E-state index in [1.165, 1.54) is 0 Å². The maximum Gasteiger partial charge on any atom is 0.224 e. The van der Waals surface area contributed by atoms with Gasteiger partial charge in [-0.2, -0.15) is 5.10 Å². The molecule has 6 heteroatoms. The van der Waals surface area contributed by atoms with Crippen molar-refractivity contribution < 1.29 is 4.79 Å². The minimum Gasteiger partial charge on any atom is -0.342 e. The lowest BCUT2D eigenvalue weighted by Crippen LogP contribution is -2.45. The van der Waals surface area contributed by atoms with Crippen LogP contribution in [0.4, 0.5) is 0 Å². The second-order valence-electron chi connectivity index (χ2n) is 6.13. The number of carbonyl (C=O) groups is 1. The summed E-state index contributed by atoms with van der Waals surface area (Å²) in [6.45, 7) is 6.26. The summed E-state index contributed by atoms with van der Waals surface area (Å²) in [6, 6.07) is 0. The van der Waals surface area contributed by atoms with Crippen LogP contribution in [0, 0.1) is 5.92 Å². The van der Waals surface area contributed by atoms with Crippen molar-refractivity contribution in [2.24, 2.45) is 11.7 Å². The zero-order valence-electron chi connectivity index (χ0n) is 11.7. The summed E-state index contributed by atoms with van der Waals surface area (Å²) >= 11 is 0. The number of piperidine rings is 1. The fraction of sp³-hybridized carbons (Fsp3) is 0.769. The minimum atomic E-state index is -0.435. The first-order valence-corrected chi connectivity index (χ1v) is 6.83. The summed E-state index contributed by atoms with van der Waals surface area (Å²) in [7, 11) is 0. The maximum atomic E-state index is 12.2. The Morgan fingerprint density at radius 1 is 1.53 bits per heavy atom. The first-order valence-electron chi connectivity index (χ1n) is 6.83. The summed E-state index contributed by atoms with van der Waals surface area (Å²) in [6.07, 6.45) is 5.86. The Morgan fingerprint density at radius 3 is 2.95 bits per heavy atom. The number of aromatic nitrogens is 3. The van der Waals surface area contributed by atoms with Gasteiger partial charge in [-0.05, 0) is 32.6 Å². The molecule has 0 aromatic carbocycles. The SMILES string of the molecule is CC(C)(N)CC(=O)N1CCC[C@@H](Cn2cncn2)C1. The molecule has 2 rings (SSSR count). The normalized spacial score (nSPS) is 20.6. The van der Waals surface area contributed by atoms with E-state index >= 15 is 0 Å². The third kappa shape index (κ3) is 4.31. The van der Waals surface area contributed by atoms with Gasteiger partial charge in [-0.15, -0.1) is 0 Å². The van der Waals surface area contributed by atoms with Gasteiger partial charge in [-0.1, -0.05) is 0 Å². The molecule has 1 aromatic rings. The molecule has 106 valence electrons. The number of rotatable bonds is 4. The predicted molar refractivity (Wildman–Crippen MR) is 72.2 cm³/mol. The Hall–Kier alpha value is -1.43. The highest BCUT2D eigenvalue weighted by Gasteiger charge is 2.26. The van der Waals surface area contributed by atoms with Gasteiger partial charge >= 0.3 is 0 Å². The van der Waals surface area contributed by atoms with Crippen molar-refractivity contribution in [1.82, 2.24) is 19.7 Å². The van der Waals surface area contributed by atoms with Gasteiger partial charge < -0.3 is 10.6 Å². The van der Waals surface area contributed by atoms with Crippen LogP contribution in [0.2, 0.25) is 0 Å². The summed E-state index contributed by atoms with van der Waals surface area (Å²) in [5, 5.41) is 4.12. The molecular weight excluding hydrogens is 242 g/mol. The molecule has 0 radical (unpaired) electrons. The van der Waals surface area contributed by atoms with Crippen LogP contribution in [0.1, 0.15) is 33.1 Å². The van der Waals surface area contributed by atoms with Gasteiger partial charge in [0, 0.05) is 31.6 Å². The molecule has 2 N–H and O–H groups in total. The molecule has 0 unspecified atom stereocenters. The number of amides is 1. The highest BCUT2D eigenvalue weighted by molar-refractivity contribution is 5.77. The number of nitrogens with two attached hydrogens (primary N) is 1. The Labute approximate surface area is 114 Å². The number of hydrogen-bond acceptors (Lipinski definition) is 4. The predicted octanol–water partition coefficient (Wildman–Crippen LogP) is 0.644. The van der Waals surface area contributed by atoms with Crippen molar-refractivity contribution in [2.45, 2.75) is 45.2 Å². The number of hydrogen-bond donors (Lipinski definition) is 1. The lowest BCUT2D eigenvalue weighted by molar-refractivity contribution is -0.134. The number of likely N-dealkylation sites (tertiary alicyclic amines) is 1. The van der Waals surface area contributed by atoms with Gasteiger partial charge in [-0.3, -0.25) is 9.48 Å². The number of carbonyl (C=O) groups excluding carboxylic acids is 1. The summed E-state index contributed by atoms with van der Waals surface area (Å²) < 4.78 is 1.84. The molecule has 1 aliphatic rings. The van der Waals surface area contributed by atoms with Crippen LogP contribution in [0.3, 0.4) is 0 Å². The first kappa shape index (κ1) is 14.0. The van der Waals surface area contributed by atoms with E-state index in [2.05, 4.69) is 10.1 Å². The third-order valence-electron chi connectivity index (χ3n) is 3.39. The van der Waals surface area contributed by atoms with Gasteiger partial charge in [0.25, 0.3) is 0 Å². The van der Waals surface area contributed by atoms with E-state index in [4.69, 9.17) is 5.73 Å². The topological polar surface area (TPSA) is 77.0 Å². The fourth-order valence-corrected chi connectivity index (χ4v) is 2.53. The van der Waals surface area contributed by atoms with E-state index < -0.39 is 5.54 Å². The molecule has 1 aliphatic heterocycles. The summed E-state index contributed by atoms with van der Waals surface area (Å²) in [4.78, 5) is 18.1. The molecule has 0 aliphatic carbocycles. The van der Waals surface area contributed by atoms with Crippen LogP contribution < -0.4 is 5.73 Å². The van der Waals surface area contributed by atoms with Gasteiger partial charge in [0.2, 0.25) is 5.91 Å². The zero-order valence-corrected chi connectivity index (χ0v) is 11.7. The Kier molecular flexibility index (Phi) is 4.19. The van der Waals surface area contributed by atoms with Crippen LogP contribution >= 0.6 is 0 Å². The highest BCUT2D eigenvalue weighted by Crippen LogP contribution is 2.19. The van der Waals surface area contributed by atoms with Crippen molar-refractivity contribution in [2.75, 3.05) is 13.1 Å². The molecule has 0 saturated carbocycles. The smallest absolute Gasteiger partial charge is 0.224 e. The molecule has 1 fully saturated rings. The van der Waals surface area contributed by atoms with E-state index in [1.54, 1.807) is 12.7 Å². The van der Waals surface area contributed by atoms with Gasteiger partial charge in [0.1, 0.15) is 12.7 Å². The molecule has 19 heavy (non-hydrogen) atoms. The molecule has 0 spiro atoms. The molecule has 2 heterocycles. The van der Waals surface area contributed by atoms with Crippen molar-refractivity contribution in [1.29, 1.82) is 0 Å². The minimum absolute atomic E-state index is 0.163. The molecule has 1 amide bonds. The average molecular weight is 265 g/mol. The average Bonchev–Trinajstić information content (AvgIpc) is 2.80. The van der Waals surface area contributed by atoms with Crippen molar-refractivity contribution in [3.8, 4) is 0 Å². The van der Waals surface area contributed by atoms with Crippen molar-refractivity contribution in [3.05, 3.63) is 12.7 Å². The molecular formula is C13H23N5O. The molecule has 0 bridgehead atoms. The van der Waals surface area contributed by atoms with Crippen LogP contribution in [-0.4, -0.2) is 44.2 Å². The van der Waals surface area contributed by atoms with Crippen LogP contribution in [0.25, 0.3) is 0 Å². The van der Waals surface area contributed by atoms with E-state index in [0.29, 0.717) is 12.3 Å². The van der Waals surface area contributed by atoms with Gasteiger partial charge in [0.15, 0.2) is 0 Å². The van der Waals surface area contributed by atoms with Crippen molar-refractivity contribution >= 4 is 5.91 Å². The van der Waals surface area contributed by atoms with E-state index in [0.717, 1.165) is 32.5 Å². The largest absolute Gasteiger partial charge is 0.342 e. The quantitative estimate of drug-likeness (QED) is 0.867. The number of nitrogens with zero attached hydrogens (tertiary/aromatic N) is 4. The van der Waals surface area contributed by atoms with Gasteiger partial charge in [-0.25, -0.2) is 4.98 Å². The molecule has 1 aromatic heterocycles. The summed E-state index contributed by atoms with van der Waals surface area (Å²) in [5.74, 6) is 0.621. The van der Waals surface area contributed by atoms with Crippen LogP contribution in [0.15, 0.2) is 12.7 Å². The lowest BCUT2D eigenvalue weighted by Gasteiger charge is -2.34. The van der Waals surface area contributed by atoms with E-state index in [-0.39, 0.29) is 5.91 Å². The second kappa shape index (κ2) is 5.69.